The van der Waals surface area contributed by atoms with E-state index in [-0.39, 0.29) is 0 Å². The molecule has 1 aliphatic carbocycles. The largest absolute Gasteiger partial charge is 0.481 e. The molecule has 3 unspecified atom stereocenters. The molecule has 0 bridgehead atoms. The van der Waals surface area contributed by atoms with E-state index < -0.39 is 5.97 Å². The van der Waals surface area contributed by atoms with E-state index in [4.69, 9.17) is 5.11 Å². The molecule has 2 fully saturated rings. The summed E-state index contributed by atoms with van der Waals surface area (Å²) in [4.78, 5) is 10.6. The van der Waals surface area contributed by atoms with Crippen LogP contribution in [0.15, 0.2) is 0 Å². The Morgan fingerprint density at radius 3 is 2.92 bits per heavy atom. The Morgan fingerprint density at radius 2 is 2.15 bits per heavy atom. The van der Waals surface area contributed by atoms with Crippen molar-refractivity contribution in [2.45, 2.75) is 38.1 Å². The maximum absolute atomic E-state index is 10.6. The predicted octanol–water partition coefficient (Wildman–Crippen LogP) is 1.24. The number of carboxylic acid groups (broad SMARTS) is 1. The number of carboxylic acids is 1. The van der Waals surface area contributed by atoms with Crippen LogP contribution in [0, 0.1) is 11.8 Å². The number of carbonyl (C=O) groups is 1. The lowest BCUT2D eigenvalue weighted by atomic mass is 9.79. The number of rotatable bonds is 2. The molecule has 1 saturated heterocycles. The second kappa shape index (κ2) is 3.66. The van der Waals surface area contributed by atoms with Crippen molar-refractivity contribution in [3.63, 3.8) is 0 Å². The highest BCUT2D eigenvalue weighted by atomic mass is 16.4. The van der Waals surface area contributed by atoms with E-state index >= 15 is 0 Å². The molecule has 1 aliphatic heterocycles. The smallest absolute Gasteiger partial charge is 0.303 e. The third-order valence-electron chi connectivity index (χ3n) is 3.50. The highest BCUT2D eigenvalue weighted by Gasteiger charge is 2.37. The Morgan fingerprint density at radius 1 is 1.38 bits per heavy atom. The molecule has 74 valence electrons. The molecule has 2 N–H and O–H groups in total. The molecule has 3 atom stereocenters. The van der Waals surface area contributed by atoms with E-state index in [0.29, 0.717) is 24.3 Å². The third-order valence-corrected chi connectivity index (χ3v) is 3.50. The fourth-order valence-electron chi connectivity index (χ4n) is 2.88. The van der Waals surface area contributed by atoms with Gasteiger partial charge in [-0.3, -0.25) is 4.79 Å². The maximum Gasteiger partial charge on any atom is 0.303 e. The lowest BCUT2D eigenvalue weighted by molar-refractivity contribution is -0.138. The average Bonchev–Trinajstić information content (AvgIpc) is 2.48. The fourth-order valence-corrected chi connectivity index (χ4v) is 2.88. The van der Waals surface area contributed by atoms with Crippen molar-refractivity contribution in [1.82, 2.24) is 5.32 Å². The van der Waals surface area contributed by atoms with Crippen molar-refractivity contribution in [2.24, 2.45) is 11.8 Å². The molecule has 0 amide bonds. The van der Waals surface area contributed by atoms with Crippen molar-refractivity contribution in [3.05, 3.63) is 0 Å². The monoisotopic (exact) mass is 183 g/mol. The van der Waals surface area contributed by atoms with Gasteiger partial charge in [-0.1, -0.05) is 12.8 Å². The standard InChI is InChI=1S/C10H17NO2/c12-10(13)5-7-6-11-9-4-2-1-3-8(7)9/h7-9,11H,1-6H2,(H,12,13). The van der Waals surface area contributed by atoms with Crippen LogP contribution in [0.2, 0.25) is 0 Å². The predicted molar refractivity (Wildman–Crippen MR) is 49.5 cm³/mol. The van der Waals surface area contributed by atoms with E-state index in [1.54, 1.807) is 0 Å². The highest BCUT2D eigenvalue weighted by molar-refractivity contribution is 5.67. The van der Waals surface area contributed by atoms with Crippen LogP contribution < -0.4 is 5.32 Å². The maximum atomic E-state index is 10.6. The first-order chi connectivity index (χ1) is 6.27. The van der Waals surface area contributed by atoms with Crippen LogP contribution in [0.25, 0.3) is 0 Å². The molecule has 0 aromatic rings. The number of hydrogen-bond acceptors (Lipinski definition) is 2. The summed E-state index contributed by atoms with van der Waals surface area (Å²) in [6.07, 6.45) is 5.44. The first-order valence-electron chi connectivity index (χ1n) is 5.22. The second-order valence-corrected chi connectivity index (χ2v) is 4.32. The number of fused-ring (bicyclic) bond motifs is 1. The van der Waals surface area contributed by atoms with Gasteiger partial charge in [0.05, 0.1) is 0 Å². The second-order valence-electron chi connectivity index (χ2n) is 4.32. The van der Waals surface area contributed by atoms with Gasteiger partial charge in [0.2, 0.25) is 0 Å². The van der Waals surface area contributed by atoms with Crippen LogP contribution in [0.3, 0.4) is 0 Å². The number of hydrogen-bond donors (Lipinski definition) is 2. The van der Waals surface area contributed by atoms with Gasteiger partial charge < -0.3 is 10.4 Å². The van der Waals surface area contributed by atoms with Gasteiger partial charge in [0, 0.05) is 12.5 Å². The van der Waals surface area contributed by atoms with Gasteiger partial charge in [0.1, 0.15) is 0 Å². The van der Waals surface area contributed by atoms with Crippen molar-refractivity contribution >= 4 is 5.97 Å². The summed E-state index contributed by atoms with van der Waals surface area (Å²) in [5, 5.41) is 12.2. The average molecular weight is 183 g/mol. The number of nitrogens with one attached hydrogen (secondary N) is 1. The minimum absolute atomic E-state index is 0.355. The van der Waals surface area contributed by atoms with E-state index in [9.17, 15) is 4.79 Å². The Hall–Kier alpha value is -0.570. The molecule has 3 nitrogen and oxygen atoms in total. The summed E-state index contributed by atoms with van der Waals surface area (Å²) in [5.74, 6) is 0.394. The first kappa shape index (κ1) is 9.00. The van der Waals surface area contributed by atoms with E-state index in [0.717, 1.165) is 6.54 Å². The molecule has 0 aromatic heterocycles. The lowest BCUT2D eigenvalue weighted by Crippen LogP contribution is -2.30. The van der Waals surface area contributed by atoms with Gasteiger partial charge in [0.15, 0.2) is 0 Å². The molecule has 0 radical (unpaired) electrons. The number of aliphatic carboxylic acids is 1. The summed E-state index contributed by atoms with van der Waals surface area (Å²) in [6, 6.07) is 0.623. The van der Waals surface area contributed by atoms with Crippen molar-refractivity contribution in [2.75, 3.05) is 6.54 Å². The zero-order valence-corrected chi connectivity index (χ0v) is 7.83. The molecule has 0 aromatic carbocycles. The molecule has 3 heteroatoms. The quantitative estimate of drug-likeness (QED) is 0.677. The highest BCUT2D eigenvalue weighted by Crippen LogP contribution is 2.35. The summed E-state index contributed by atoms with van der Waals surface area (Å²) in [7, 11) is 0. The van der Waals surface area contributed by atoms with Crippen molar-refractivity contribution < 1.29 is 9.90 Å². The van der Waals surface area contributed by atoms with Gasteiger partial charge in [-0.25, -0.2) is 0 Å². The molecule has 1 heterocycles. The Kier molecular flexibility index (Phi) is 2.54. The molecule has 13 heavy (non-hydrogen) atoms. The topological polar surface area (TPSA) is 49.3 Å². The Bertz CT molecular complexity index is 205. The third kappa shape index (κ3) is 1.85. The van der Waals surface area contributed by atoms with Crippen molar-refractivity contribution in [3.8, 4) is 0 Å². The lowest BCUT2D eigenvalue weighted by Gasteiger charge is -2.27. The Balaban J connectivity index is 1.94. The fraction of sp³-hybridized carbons (Fsp3) is 0.900. The van der Waals surface area contributed by atoms with Gasteiger partial charge in [-0.15, -0.1) is 0 Å². The Labute approximate surface area is 78.5 Å². The summed E-state index contributed by atoms with van der Waals surface area (Å²) in [5.41, 5.74) is 0. The van der Waals surface area contributed by atoms with E-state index in [1.807, 2.05) is 0 Å². The van der Waals surface area contributed by atoms with E-state index in [2.05, 4.69) is 5.32 Å². The minimum atomic E-state index is -0.641. The molecule has 2 rings (SSSR count). The molecular weight excluding hydrogens is 166 g/mol. The molecule has 1 saturated carbocycles. The van der Waals surface area contributed by atoms with Crippen molar-refractivity contribution in [1.29, 1.82) is 0 Å². The van der Waals surface area contributed by atoms with Crippen LogP contribution in [0.5, 0.6) is 0 Å². The van der Waals surface area contributed by atoms with Gasteiger partial charge >= 0.3 is 5.97 Å². The van der Waals surface area contributed by atoms with E-state index in [1.165, 1.54) is 25.7 Å². The summed E-state index contributed by atoms with van der Waals surface area (Å²) < 4.78 is 0. The minimum Gasteiger partial charge on any atom is -0.481 e. The van der Waals surface area contributed by atoms with Crippen LogP contribution in [-0.4, -0.2) is 23.7 Å². The molecule has 2 aliphatic rings. The van der Waals surface area contributed by atoms with Crippen LogP contribution in [0.1, 0.15) is 32.1 Å². The normalized spacial score (nSPS) is 38.6. The van der Waals surface area contributed by atoms with Gasteiger partial charge in [0.25, 0.3) is 0 Å². The van der Waals surface area contributed by atoms with Crippen LogP contribution in [0.4, 0.5) is 0 Å². The van der Waals surface area contributed by atoms with Gasteiger partial charge in [-0.05, 0) is 31.2 Å². The molecule has 0 spiro atoms. The first-order valence-corrected chi connectivity index (χ1v) is 5.22. The zero-order chi connectivity index (χ0) is 9.26. The summed E-state index contributed by atoms with van der Waals surface area (Å²) >= 11 is 0. The van der Waals surface area contributed by atoms with Crippen LogP contribution >= 0.6 is 0 Å². The SMILES string of the molecule is O=C(O)CC1CNC2CCCCC12. The molecular formula is C10H17NO2. The summed E-state index contributed by atoms with van der Waals surface area (Å²) in [6.45, 7) is 0.918. The van der Waals surface area contributed by atoms with Crippen LogP contribution in [-0.2, 0) is 4.79 Å². The van der Waals surface area contributed by atoms with Gasteiger partial charge in [-0.2, -0.15) is 0 Å². The zero-order valence-electron chi connectivity index (χ0n) is 7.83.